The summed E-state index contributed by atoms with van der Waals surface area (Å²) in [5, 5.41) is 3.53. The van der Waals surface area contributed by atoms with E-state index in [1.807, 2.05) is 0 Å². The van der Waals surface area contributed by atoms with Crippen molar-refractivity contribution in [2.24, 2.45) is 0 Å². The molecule has 2 aliphatic rings. The summed E-state index contributed by atoms with van der Waals surface area (Å²) < 4.78 is 0. The molecule has 0 radical (unpaired) electrons. The molecule has 2 heterocycles. The molecular weight excluding hydrogens is 208 g/mol. The maximum Gasteiger partial charge on any atom is 0.0376 e. The number of rotatable bonds is 2. The lowest BCUT2D eigenvalue weighted by Gasteiger charge is -2.23. The molecule has 1 unspecified atom stereocenters. The lowest BCUT2D eigenvalue weighted by Crippen LogP contribution is -2.30. The normalized spacial score (nSPS) is 25.1. The summed E-state index contributed by atoms with van der Waals surface area (Å²) >= 11 is 0. The topological polar surface area (TPSA) is 15.3 Å². The van der Waals surface area contributed by atoms with E-state index in [9.17, 15) is 0 Å². The number of hydrogen-bond acceptors (Lipinski definition) is 2. The highest BCUT2D eigenvalue weighted by molar-refractivity contribution is 5.57. The third-order valence-electron chi connectivity index (χ3n) is 4.12. The van der Waals surface area contributed by atoms with Crippen LogP contribution in [-0.4, -0.2) is 31.1 Å². The van der Waals surface area contributed by atoms with Gasteiger partial charge in [0.1, 0.15) is 0 Å². The molecule has 1 aromatic carbocycles. The van der Waals surface area contributed by atoms with Gasteiger partial charge in [0.25, 0.3) is 0 Å². The van der Waals surface area contributed by atoms with Gasteiger partial charge in [0.15, 0.2) is 0 Å². The van der Waals surface area contributed by atoms with Gasteiger partial charge in [-0.05, 0) is 37.6 Å². The monoisotopic (exact) mass is 230 g/mol. The second-order valence-electron chi connectivity index (χ2n) is 5.38. The van der Waals surface area contributed by atoms with Crippen LogP contribution in [0.1, 0.15) is 37.2 Å². The van der Waals surface area contributed by atoms with E-state index in [1.54, 1.807) is 0 Å². The van der Waals surface area contributed by atoms with Crippen molar-refractivity contribution in [1.29, 1.82) is 0 Å². The summed E-state index contributed by atoms with van der Waals surface area (Å²) in [6, 6.07) is 8.79. The first-order valence-corrected chi connectivity index (χ1v) is 6.98. The van der Waals surface area contributed by atoms with Gasteiger partial charge in [-0.3, -0.25) is 0 Å². The number of fused-ring (bicyclic) bond motifs is 1. The first-order chi connectivity index (χ1) is 8.43. The maximum absolute atomic E-state index is 3.53. The standard InChI is InChI=1S/C15H22N2/c1-2-6-10-17(9-5-1)12-13-11-16-15-8-4-3-7-14(13)15/h3-4,7-8,13,16H,1-2,5-6,9-12H2. The van der Waals surface area contributed by atoms with Gasteiger partial charge in [0.2, 0.25) is 0 Å². The Kier molecular flexibility index (Phi) is 3.32. The number of nitrogens with one attached hydrogen (secondary N) is 1. The van der Waals surface area contributed by atoms with E-state index in [2.05, 4.69) is 34.5 Å². The van der Waals surface area contributed by atoms with Gasteiger partial charge >= 0.3 is 0 Å². The fourth-order valence-electron chi connectivity index (χ4n) is 3.15. The van der Waals surface area contributed by atoms with Crippen LogP contribution in [-0.2, 0) is 0 Å². The molecular formula is C15H22N2. The lowest BCUT2D eigenvalue weighted by molar-refractivity contribution is 0.271. The van der Waals surface area contributed by atoms with Crippen LogP contribution in [0.15, 0.2) is 24.3 Å². The molecule has 1 N–H and O–H groups in total. The Hall–Kier alpha value is -1.02. The molecule has 1 atom stereocenters. The van der Waals surface area contributed by atoms with Crippen LogP contribution in [0.5, 0.6) is 0 Å². The van der Waals surface area contributed by atoms with E-state index in [0.29, 0.717) is 5.92 Å². The minimum absolute atomic E-state index is 0.698. The quantitative estimate of drug-likeness (QED) is 0.840. The van der Waals surface area contributed by atoms with Crippen LogP contribution in [0, 0.1) is 0 Å². The molecule has 17 heavy (non-hydrogen) atoms. The number of para-hydroxylation sites is 1. The predicted octanol–water partition coefficient (Wildman–Crippen LogP) is 3.07. The average Bonchev–Trinajstić information content (AvgIpc) is 2.59. The van der Waals surface area contributed by atoms with Crippen LogP contribution in [0.25, 0.3) is 0 Å². The van der Waals surface area contributed by atoms with Crippen molar-refractivity contribution in [3.8, 4) is 0 Å². The fourth-order valence-corrected chi connectivity index (χ4v) is 3.15. The van der Waals surface area contributed by atoms with Gasteiger partial charge in [-0.15, -0.1) is 0 Å². The van der Waals surface area contributed by atoms with Crippen molar-refractivity contribution in [3.63, 3.8) is 0 Å². The smallest absolute Gasteiger partial charge is 0.0376 e. The third-order valence-corrected chi connectivity index (χ3v) is 4.12. The van der Waals surface area contributed by atoms with Gasteiger partial charge in [-0.1, -0.05) is 31.0 Å². The minimum Gasteiger partial charge on any atom is -0.384 e. The molecule has 1 fully saturated rings. The highest BCUT2D eigenvalue weighted by atomic mass is 15.1. The van der Waals surface area contributed by atoms with Gasteiger partial charge in [-0.2, -0.15) is 0 Å². The number of likely N-dealkylation sites (tertiary alicyclic amines) is 1. The van der Waals surface area contributed by atoms with Crippen LogP contribution >= 0.6 is 0 Å². The SMILES string of the molecule is c1ccc2c(c1)NCC2CN1CCCCCC1. The van der Waals surface area contributed by atoms with Crippen LogP contribution in [0.2, 0.25) is 0 Å². The minimum atomic E-state index is 0.698. The third kappa shape index (κ3) is 2.47. The highest BCUT2D eigenvalue weighted by Crippen LogP contribution is 2.31. The molecule has 2 heteroatoms. The molecule has 0 bridgehead atoms. The van der Waals surface area contributed by atoms with Crippen molar-refractivity contribution >= 4 is 5.69 Å². The van der Waals surface area contributed by atoms with Gasteiger partial charge in [0.05, 0.1) is 0 Å². The molecule has 2 nitrogen and oxygen atoms in total. The second-order valence-corrected chi connectivity index (χ2v) is 5.38. The molecule has 1 aromatic rings. The Bertz CT molecular complexity index is 367. The van der Waals surface area contributed by atoms with Gasteiger partial charge in [-0.25, -0.2) is 0 Å². The zero-order valence-electron chi connectivity index (χ0n) is 10.5. The van der Waals surface area contributed by atoms with Crippen molar-refractivity contribution in [2.75, 3.05) is 31.5 Å². The number of benzene rings is 1. The van der Waals surface area contributed by atoms with Crippen LogP contribution in [0.3, 0.4) is 0 Å². The summed E-state index contributed by atoms with van der Waals surface area (Å²) in [5.41, 5.74) is 2.88. The van der Waals surface area contributed by atoms with E-state index >= 15 is 0 Å². The molecule has 2 aliphatic heterocycles. The molecule has 0 amide bonds. The molecule has 1 saturated heterocycles. The maximum atomic E-state index is 3.53. The van der Waals surface area contributed by atoms with E-state index < -0.39 is 0 Å². The molecule has 0 aromatic heterocycles. The zero-order valence-corrected chi connectivity index (χ0v) is 10.5. The Morgan fingerprint density at radius 2 is 1.82 bits per heavy atom. The van der Waals surface area contributed by atoms with Crippen LogP contribution < -0.4 is 5.32 Å². The average molecular weight is 230 g/mol. The van der Waals surface area contributed by atoms with Gasteiger partial charge < -0.3 is 10.2 Å². The van der Waals surface area contributed by atoms with E-state index in [-0.39, 0.29) is 0 Å². The first-order valence-electron chi connectivity index (χ1n) is 6.98. The number of anilines is 1. The summed E-state index contributed by atoms with van der Waals surface area (Å²) in [7, 11) is 0. The van der Waals surface area contributed by atoms with Crippen molar-refractivity contribution in [3.05, 3.63) is 29.8 Å². The molecule has 0 aliphatic carbocycles. The summed E-state index contributed by atoms with van der Waals surface area (Å²) in [6.07, 6.45) is 5.63. The molecule has 92 valence electrons. The molecule has 3 rings (SSSR count). The van der Waals surface area contributed by atoms with Crippen molar-refractivity contribution in [2.45, 2.75) is 31.6 Å². The largest absolute Gasteiger partial charge is 0.384 e. The summed E-state index contributed by atoms with van der Waals surface area (Å²) in [4.78, 5) is 2.67. The van der Waals surface area contributed by atoms with E-state index in [0.717, 1.165) is 6.54 Å². The second kappa shape index (κ2) is 5.09. The lowest BCUT2D eigenvalue weighted by atomic mass is 10.0. The predicted molar refractivity (Wildman–Crippen MR) is 72.6 cm³/mol. The van der Waals surface area contributed by atoms with Crippen molar-refractivity contribution < 1.29 is 0 Å². The van der Waals surface area contributed by atoms with Crippen LogP contribution in [0.4, 0.5) is 5.69 Å². The molecule has 0 spiro atoms. The summed E-state index contributed by atoms with van der Waals surface area (Å²) in [6.45, 7) is 4.97. The fraction of sp³-hybridized carbons (Fsp3) is 0.600. The van der Waals surface area contributed by atoms with Gasteiger partial charge in [0, 0.05) is 24.7 Å². The Morgan fingerprint density at radius 3 is 2.65 bits per heavy atom. The Labute approximate surface area is 104 Å². The van der Waals surface area contributed by atoms with Crippen molar-refractivity contribution in [1.82, 2.24) is 4.90 Å². The molecule has 0 saturated carbocycles. The Morgan fingerprint density at radius 1 is 1.06 bits per heavy atom. The Balaban J connectivity index is 1.66. The first kappa shape index (κ1) is 11.1. The zero-order chi connectivity index (χ0) is 11.5. The number of hydrogen-bond donors (Lipinski definition) is 1. The van der Waals surface area contributed by atoms with E-state index in [4.69, 9.17) is 0 Å². The number of nitrogens with zero attached hydrogens (tertiary/aromatic N) is 1. The summed E-state index contributed by atoms with van der Waals surface area (Å²) in [5.74, 6) is 0.698. The highest BCUT2D eigenvalue weighted by Gasteiger charge is 2.23. The van der Waals surface area contributed by atoms with E-state index in [1.165, 1.54) is 56.6 Å².